The quantitative estimate of drug-likeness (QED) is 0.757. The maximum absolute atomic E-state index is 12.4. The molecule has 2 aliphatic heterocycles. The number of rotatable bonds is 4. The molecule has 2 rings (SSSR count). The molecule has 1 amide bonds. The third-order valence-corrected chi connectivity index (χ3v) is 4.02. The lowest BCUT2D eigenvalue weighted by Crippen LogP contribution is -2.60. The van der Waals surface area contributed by atoms with E-state index in [1.807, 2.05) is 27.7 Å². The van der Waals surface area contributed by atoms with Crippen molar-refractivity contribution in [1.82, 2.24) is 15.5 Å². The van der Waals surface area contributed by atoms with Crippen LogP contribution < -0.4 is 10.6 Å². The molecule has 0 radical (unpaired) electrons. The summed E-state index contributed by atoms with van der Waals surface area (Å²) >= 11 is 0. The minimum Gasteiger partial charge on any atom is -0.352 e. The first-order chi connectivity index (χ1) is 9.31. The van der Waals surface area contributed by atoms with E-state index in [0.29, 0.717) is 13.2 Å². The fraction of sp³-hybridized carbons (Fsp3) is 0.929. The number of piperazine rings is 1. The van der Waals surface area contributed by atoms with Crippen LogP contribution in [-0.2, 0) is 14.3 Å². The smallest absolute Gasteiger partial charge is 0.240 e. The monoisotopic (exact) mass is 285 g/mol. The fourth-order valence-corrected chi connectivity index (χ4v) is 2.65. The fourth-order valence-electron chi connectivity index (χ4n) is 2.65. The van der Waals surface area contributed by atoms with Crippen molar-refractivity contribution >= 4 is 5.91 Å². The Bertz CT molecular complexity index is 352. The second-order valence-electron chi connectivity index (χ2n) is 6.46. The van der Waals surface area contributed by atoms with Crippen LogP contribution in [0.5, 0.6) is 0 Å². The first-order valence-corrected chi connectivity index (χ1v) is 7.37. The van der Waals surface area contributed by atoms with Gasteiger partial charge in [-0.1, -0.05) is 0 Å². The third-order valence-electron chi connectivity index (χ3n) is 4.02. The summed E-state index contributed by atoms with van der Waals surface area (Å²) in [5, 5.41) is 6.30. The summed E-state index contributed by atoms with van der Waals surface area (Å²) in [6, 6.07) is 0. The maximum Gasteiger partial charge on any atom is 0.240 e. The highest BCUT2D eigenvalue weighted by molar-refractivity contribution is 5.85. The van der Waals surface area contributed by atoms with Gasteiger partial charge in [-0.2, -0.15) is 0 Å². The summed E-state index contributed by atoms with van der Waals surface area (Å²) in [7, 11) is 0. The number of hydrogen-bond acceptors (Lipinski definition) is 5. The van der Waals surface area contributed by atoms with Crippen LogP contribution in [0, 0.1) is 0 Å². The zero-order valence-electron chi connectivity index (χ0n) is 13.0. The van der Waals surface area contributed by atoms with E-state index in [2.05, 4.69) is 15.5 Å². The largest absolute Gasteiger partial charge is 0.352 e. The molecule has 6 nitrogen and oxygen atoms in total. The molecule has 1 atom stereocenters. The van der Waals surface area contributed by atoms with Crippen LogP contribution in [0.3, 0.4) is 0 Å². The van der Waals surface area contributed by atoms with Crippen LogP contribution in [0.4, 0.5) is 0 Å². The molecule has 0 aliphatic carbocycles. The highest BCUT2D eigenvalue weighted by Gasteiger charge is 2.37. The first-order valence-electron chi connectivity index (χ1n) is 7.37. The highest BCUT2D eigenvalue weighted by Crippen LogP contribution is 2.22. The van der Waals surface area contributed by atoms with E-state index in [9.17, 15) is 4.79 Å². The van der Waals surface area contributed by atoms with E-state index in [-0.39, 0.29) is 12.0 Å². The van der Waals surface area contributed by atoms with E-state index >= 15 is 0 Å². The number of hydrogen-bond donors (Lipinski definition) is 2. The lowest BCUT2D eigenvalue weighted by atomic mass is 10.0. The van der Waals surface area contributed by atoms with Crippen molar-refractivity contribution in [3.63, 3.8) is 0 Å². The summed E-state index contributed by atoms with van der Waals surface area (Å²) < 4.78 is 11.2. The predicted octanol–water partition coefficient (Wildman–Crippen LogP) is -0.0621. The molecular formula is C14H27N3O3. The molecular weight excluding hydrogens is 258 g/mol. The molecule has 116 valence electrons. The summed E-state index contributed by atoms with van der Waals surface area (Å²) in [5.41, 5.74) is -0.489. The standard InChI is InChI=1S/C14H27N3O3/c1-13(2,17-7-5-15-6-8-17)12(18)16-9-11-10-19-14(3,4)20-11/h11,15H,5-10H2,1-4H3,(H,16,18). The van der Waals surface area contributed by atoms with Gasteiger partial charge in [0.1, 0.15) is 6.10 Å². The molecule has 2 fully saturated rings. The van der Waals surface area contributed by atoms with Crippen molar-refractivity contribution in [1.29, 1.82) is 0 Å². The summed E-state index contributed by atoms with van der Waals surface area (Å²) in [6.45, 7) is 12.4. The number of carbonyl (C=O) groups is 1. The Labute approximate surface area is 121 Å². The Morgan fingerprint density at radius 1 is 1.40 bits per heavy atom. The average Bonchev–Trinajstić information content (AvgIpc) is 2.76. The van der Waals surface area contributed by atoms with E-state index in [1.165, 1.54) is 0 Å². The number of ether oxygens (including phenoxy) is 2. The van der Waals surface area contributed by atoms with Gasteiger partial charge in [-0.05, 0) is 27.7 Å². The Balaban J connectivity index is 1.81. The highest BCUT2D eigenvalue weighted by atomic mass is 16.7. The van der Waals surface area contributed by atoms with Gasteiger partial charge in [-0.15, -0.1) is 0 Å². The molecule has 0 spiro atoms. The second kappa shape index (κ2) is 5.97. The predicted molar refractivity (Wildman–Crippen MR) is 76.4 cm³/mol. The lowest BCUT2D eigenvalue weighted by molar-refractivity contribution is -0.141. The van der Waals surface area contributed by atoms with Gasteiger partial charge < -0.3 is 20.1 Å². The average molecular weight is 285 g/mol. The van der Waals surface area contributed by atoms with Crippen molar-refractivity contribution in [2.75, 3.05) is 39.3 Å². The van der Waals surface area contributed by atoms with Gasteiger partial charge in [0.2, 0.25) is 5.91 Å². The van der Waals surface area contributed by atoms with Crippen LogP contribution >= 0.6 is 0 Å². The molecule has 0 bridgehead atoms. The van der Waals surface area contributed by atoms with Crippen molar-refractivity contribution in [3.05, 3.63) is 0 Å². The molecule has 2 aliphatic rings. The van der Waals surface area contributed by atoms with Crippen molar-refractivity contribution < 1.29 is 14.3 Å². The van der Waals surface area contributed by atoms with Gasteiger partial charge in [0.25, 0.3) is 0 Å². The van der Waals surface area contributed by atoms with E-state index in [4.69, 9.17) is 9.47 Å². The van der Waals surface area contributed by atoms with Crippen LogP contribution in [0.15, 0.2) is 0 Å². The summed E-state index contributed by atoms with van der Waals surface area (Å²) in [4.78, 5) is 14.6. The molecule has 6 heteroatoms. The van der Waals surface area contributed by atoms with Gasteiger partial charge in [-0.25, -0.2) is 0 Å². The Kier molecular flexibility index (Phi) is 4.69. The second-order valence-corrected chi connectivity index (χ2v) is 6.46. The van der Waals surface area contributed by atoms with Gasteiger partial charge in [0.05, 0.1) is 12.1 Å². The number of nitrogens with zero attached hydrogens (tertiary/aromatic N) is 1. The van der Waals surface area contributed by atoms with E-state index in [0.717, 1.165) is 26.2 Å². The minimum atomic E-state index is -0.538. The Morgan fingerprint density at radius 3 is 2.60 bits per heavy atom. The Hall–Kier alpha value is -0.690. The van der Waals surface area contributed by atoms with Gasteiger partial charge in [-0.3, -0.25) is 9.69 Å². The van der Waals surface area contributed by atoms with Gasteiger partial charge in [0, 0.05) is 32.7 Å². The number of nitrogens with one attached hydrogen (secondary N) is 2. The molecule has 0 aromatic carbocycles. The van der Waals surface area contributed by atoms with Crippen LogP contribution in [0.2, 0.25) is 0 Å². The topological polar surface area (TPSA) is 62.8 Å². The minimum absolute atomic E-state index is 0.0488. The van der Waals surface area contributed by atoms with Crippen LogP contribution in [0.1, 0.15) is 27.7 Å². The van der Waals surface area contributed by atoms with Crippen LogP contribution in [-0.4, -0.2) is 67.6 Å². The molecule has 0 aromatic heterocycles. The molecule has 2 N–H and O–H groups in total. The lowest BCUT2D eigenvalue weighted by Gasteiger charge is -2.39. The zero-order valence-corrected chi connectivity index (χ0v) is 13.0. The van der Waals surface area contributed by atoms with Crippen LogP contribution in [0.25, 0.3) is 0 Å². The maximum atomic E-state index is 12.4. The van der Waals surface area contributed by atoms with Gasteiger partial charge >= 0.3 is 0 Å². The number of carbonyl (C=O) groups excluding carboxylic acids is 1. The SMILES string of the molecule is CC1(C)OCC(CNC(=O)C(C)(C)N2CCNCC2)O1. The molecule has 2 heterocycles. The van der Waals surface area contributed by atoms with E-state index < -0.39 is 11.3 Å². The van der Waals surface area contributed by atoms with E-state index in [1.54, 1.807) is 0 Å². The molecule has 0 aromatic rings. The molecule has 0 saturated carbocycles. The zero-order chi connectivity index (χ0) is 14.8. The molecule has 20 heavy (non-hydrogen) atoms. The van der Waals surface area contributed by atoms with Crippen molar-refractivity contribution in [2.45, 2.75) is 45.1 Å². The summed E-state index contributed by atoms with van der Waals surface area (Å²) in [5.74, 6) is -0.489. The normalized spacial score (nSPS) is 27.5. The third kappa shape index (κ3) is 3.69. The Morgan fingerprint density at radius 2 is 2.05 bits per heavy atom. The molecule has 1 unspecified atom stereocenters. The van der Waals surface area contributed by atoms with Crippen molar-refractivity contribution in [2.24, 2.45) is 0 Å². The number of amides is 1. The van der Waals surface area contributed by atoms with Crippen molar-refractivity contribution in [3.8, 4) is 0 Å². The first kappa shape index (κ1) is 15.7. The van der Waals surface area contributed by atoms with Gasteiger partial charge in [0.15, 0.2) is 5.79 Å². The molecule has 2 saturated heterocycles. The summed E-state index contributed by atoms with van der Waals surface area (Å²) in [6.07, 6.45) is -0.0622.